The van der Waals surface area contributed by atoms with E-state index in [1.54, 1.807) is 5.56 Å². The molecule has 1 fully saturated rings. The lowest BCUT2D eigenvalue weighted by Gasteiger charge is -2.48. The van der Waals surface area contributed by atoms with Gasteiger partial charge in [-0.15, -0.1) is 0 Å². The van der Waals surface area contributed by atoms with Gasteiger partial charge in [0.1, 0.15) is 0 Å². The van der Waals surface area contributed by atoms with Crippen LogP contribution in [0.3, 0.4) is 0 Å². The normalized spacial score (nSPS) is 33.9. The van der Waals surface area contributed by atoms with Crippen molar-refractivity contribution >= 4 is 10.9 Å². The van der Waals surface area contributed by atoms with Crippen molar-refractivity contribution in [2.45, 2.75) is 31.9 Å². The van der Waals surface area contributed by atoms with Gasteiger partial charge in [-0.1, -0.05) is 18.2 Å². The average molecular weight is 294 g/mol. The highest BCUT2D eigenvalue weighted by Crippen LogP contribution is 2.45. The summed E-state index contributed by atoms with van der Waals surface area (Å²) < 4.78 is 5.73. The predicted molar refractivity (Wildman–Crippen MR) is 87.6 cm³/mol. The van der Waals surface area contributed by atoms with Gasteiger partial charge in [-0.05, 0) is 43.4 Å². The van der Waals surface area contributed by atoms with Gasteiger partial charge in [-0.3, -0.25) is 4.90 Å². The fourth-order valence-electron chi connectivity index (χ4n) is 4.78. The Morgan fingerprint density at radius 2 is 2.18 bits per heavy atom. The third-order valence-corrected chi connectivity index (χ3v) is 5.98. The number of aromatic nitrogens is 1. The Hall–Kier alpha value is -1.74. The largest absolute Gasteiger partial charge is 0.498 e. The van der Waals surface area contributed by atoms with Gasteiger partial charge in [0.15, 0.2) is 0 Å². The molecule has 0 saturated carbocycles. The van der Waals surface area contributed by atoms with E-state index >= 15 is 0 Å². The van der Waals surface area contributed by atoms with Gasteiger partial charge in [0.05, 0.1) is 18.4 Å². The Bertz CT molecular complexity index is 747. The monoisotopic (exact) mass is 294 g/mol. The standard InChI is InChI=1S/C19H22N2O/c1-12-16-11-21-8-6-15-14-4-2-3-5-17(14)20-19(15)18(21)10-13(16)7-9-22-12/h2-5,7,9,12-13,16,18,20H,6,8,10-11H2,1H3/t12-,13?,16?,18?/m0/s1. The number of allylic oxidation sites excluding steroid dienone is 1. The number of nitrogens with one attached hydrogen (secondary N) is 1. The summed E-state index contributed by atoms with van der Waals surface area (Å²) in [5.74, 6) is 1.30. The molecule has 3 nitrogen and oxygen atoms in total. The maximum Gasteiger partial charge on any atom is 0.0996 e. The highest BCUT2D eigenvalue weighted by atomic mass is 16.5. The fourth-order valence-corrected chi connectivity index (χ4v) is 4.78. The number of benzene rings is 1. The van der Waals surface area contributed by atoms with Gasteiger partial charge < -0.3 is 9.72 Å². The molecular weight excluding hydrogens is 272 g/mol. The van der Waals surface area contributed by atoms with Gasteiger partial charge in [-0.2, -0.15) is 0 Å². The van der Waals surface area contributed by atoms with Crippen LogP contribution < -0.4 is 0 Å². The summed E-state index contributed by atoms with van der Waals surface area (Å²) in [5, 5.41) is 1.43. The van der Waals surface area contributed by atoms with E-state index in [-0.39, 0.29) is 0 Å². The summed E-state index contributed by atoms with van der Waals surface area (Å²) in [5.41, 5.74) is 4.32. The molecule has 5 rings (SSSR count). The minimum Gasteiger partial charge on any atom is -0.498 e. The van der Waals surface area contributed by atoms with Crippen LogP contribution in [0.1, 0.15) is 30.6 Å². The van der Waals surface area contributed by atoms with E-state index in [1.807, 2.05) is 6.26 Å². The van der Waals surface area contributed by atoms with Crippen molar-refractivity contribution in [2.24, 2.45) is 11.8 Å². The third-order valence-electron chi connectivity index (χ3n) is 5.98. The highest BCUT2D eigenvalue weighted by molar-refractivity contribution is 5.85. The van der Waals surface area contributed by atoms with Crippen molar-refractivity contribution in [3.8, 4) is 0 Å². The van der Waals surface area contributed by atoms with Crippen LogP contribution in [0.25, 0.3) is 10.9 Å². The SMILES string of the molecule is C[C@@H]1OC=CC2CC3c4[nH]c5ccccc5c4CCN3CC21. The quantitative estimate of drug-likeness (QED) is 0.803. The van der Waals surface area contributed by atoms with E-state index in [0.29, 0.717) is 24.0 Å². The number of hydrogen-bond donors (Lipinski definition) is 1. The Labute approximate surface area is 131 Å². The van der Waals surface area contributed by atoms with Crippen molar-refractivity contribution in [1.29, 1.82) is 0 Å². The summed E-state index contributed by atoms with van der Waals surface area (Å²) in [6.07, 6.45) is 6.95. The second-order valence-corrected chi connectivity index (χ2v) is 7.06. The third kappa shape index (κ3) is 1.72. The van der Waals surface area contributed by atoms with Gasteiger partial charge in [0, 0.05) is 35.6 Å². The first-order valence-electron chi connectivity index (χ1n) is 8.47. The van der Waals surface area contributed by atoms with Gasteiger partial charge in [-0.25, -0.2) is 0 Å². The molecule has 4 heterocycles. The Morgan fingerprint density at radius 1 is 1.27 bits per heavy atom. The number of ether oxygens (including phenoxy) is 1. The molecule has 3 unspecified atom stereocenters. The molecule has 4 atom stereocenters. The zero-order valence-electron chi connectivity index (χ0n) is 13.0. The molecule has 0 amide bonds. The molecule has 0 spiro atoms. The smallest absolute Gasteiger partial charge is 0.0996 e. The van der Waals surface area contributed by atoms with Crippen LogP contribution in [0, 0.1) is 11.8 Å². The van der Waals surface area contributed by atoms with E-state index in [0.717, 1.165) is 13.0 Å². The number of aromatic amines is 1. The first-order chi connectivity index (χ1) is 10.8. The molecule has 1 aromatic carbocycles. The Kier molecular flexibility index (Phi) is 2.68. The molecule has 0 bridgehead atoms. The van der Waals surface area contributed by atoms with Crippen molar-refractivity contribution in [3.63, 3.8) is 0 Å². The summed E-state index contributed by atoms with van der Waals surface area (Å²) in [6, 6.07) is 9.31. The molecule has 3 heteroatoms. The summed E-state index contributed by atoms with van der Waals surface area (Å²) in [7, 11) is 0. The molecule has 0 radical (unpaired) electrons. The fraction of sp³-hybridized carbons (Fsp3) is 0.474. The minimum absolute atomic E-state index is 0.347. The van der Waals surface area contributed by atoms with Crippen LogP contribution >= 0.6 is 0 Å². The molecule has 114 valence electrons. The first-order valence-corrected chi connectivity index (χ1v) is 8.47. The van der Waals surface area contributed by atoms with Crippen LogP contribution in [-0.4, -0.2) is 29.1 Å². The van der Waals surface area contributed by atoms with Crippen molar-refractivity contribution in [1.82, 2.24) is 9.88 Å². The lowest BCUT2D eigenvalue weighted by molar-refractivity contribution is -0.0171. The number of fused-ring (bicyclic) bond motifs is 6. The number of para-hydroxylation sites is 1. The van der Waals surface area contributed by atoms with E-state index in [2.05, 4.69) is 47.1 Å². The van der Waals surface area contributed by atoms with Gasteiger partial charge in [0.2, 0.25) is 0 Å². The Balaban J connectivity index is 1.57. The van der Waals surface area contributed by atoms with Crippen LogP contribution in [-0.2, 0) is 11.2 Å². The molecule has 1 saturated heterocycles. The van der Waals surface area contributed by atoms with Gasteiger partial charge in [0.25, 0.3) is 0 Å². The Morgan fingerprint density at radius 3 is 3.14 bits per heavy atom. The van der Waals surface area contributed by atoms with Crippen LogP contribution in [0.2, 0.25) is 0 Å². The van der Waals surface area contributed by atoms with Crippen LogP contribution in [0.4, 0.5) is 0 Å². The summed E-state index contributed by atoms with van der Waals surface area (Å²) >= 11 is 0. The highest BCUT2D eigenvalue weighted by Gasteiger charge is 2.42. The number of H-pyrrole nitrogens is 1. The minimum atomic E-state index is 0.347. The molecule has 0 aliphatic carbocycles. The van der Waals surface area contributed by atoms with Crippen molar-refractivity contribution < 1.29 is 4.74 Å². The van der Waals surface area contributed by atoms with E-state index in [9.17, 15) is 0 Å². The second-order valence-electron chi connectivity index (χ2n) is 7.06. The summed E-state index contributed by atoms with van der Waals surface area (Å²) in [4.78, 5) is 6.40. The zero-order valence-corrected chi connectivity index (χ0v) is 13.0. The van der Waals surface area contributed by atoms with Crippen molar-refractivity contribution in [2.75, 3.05) is 13.1 Å². The molecule has 3 aliphatic heterocycles. The topological polar surface area (TPSA) is 28.3 Å². The van der Waals surface area contributed by atoms with E-state index in [4.69, 9.17) is 4.74 Å². The number of piperidine rings is 1. The molecule has 2 aromatic rings. The molecule has 22 heavy (non-hydrogen) atoms. The number of nitrogens with zero attached hydrogens (tertiary/aromatic N) is 1. The molecular formula is C19H22N2O. The number of hydrogen-bond acceptors (Lipinski definition) is 2. The molecule has 1 N–H and O–H groups in total. The van der Waals surface area contributed by atoms with Crippen LogP contribution in [0.5, 0.6) is 0 Å². The number of rotatable bonds is 0. The zero-order chi connectivity index (χ0) is 14.7. The lowest BCUT2D eigenvalue weighted by Crippen LogP contribution is -2.49. The summed E-state index contributed by atoms with van der Waals surface area (Å²) in [6.45, 7) is 4.56. The molecule has 1 aromatic heterocycles. The maximum absolute atomic E-state index is 5.73. The van der Waals surface area contributed by atoms with E-state index < -0.39 is 0 Å². The first kappa shape index (κ1) is 12.8. The van der Waals surface area contributed by atoms with Crippen LogP contribution in [0.15, 0.2) is 36.6 Å². The molecule has 3 aliphatic rings. The maximum atomic E-state index is 5.73. The average Bonchev–Trinajstić information content (AvgIpc) is 2.93. The van der Waals surface area contributed by atoms with Crippen molar-refractivity contribution in [3.05, 3.63) is 47.9 Å². The van der Waals surface area contributed by atoms with E-state index in [1.165, 1.54) is 29.6 Å². The predicted octanol–water partition coefficient (Wildman–Crippen LogP) is 3.64. The van der Waals surface area contributed by atoms with Gasteiger partial charge >= 0.3 is 0 Å². The lowest BCUT2D eigenvalue weighted by atomic mass is 9.75. The second kappa shape index (κ2) is 4.63.